The number of carbonyl (C=O) groups excluding carboxylic acids is 1. The Morgan fingerprint density at radius 3 is 2.49 bits per heavy atom. The Morgan fingerprint density at radius 1 is 1.11 bits per heavy atom. The van der Waals surface area contributed by atoms with E-state index >= 15 is 0 Å². The molecule has 0 atom stereocenters. The lowest BCUT2D eigenvalue weighted by Crippen LogP contribution is -2.41. The molecular weight excluding hydrogens is 468 g/mol. The summed E-state index contributed by atoms with van der Waals surface area (Å²) < 4.78 is 61.0. The second-order valence-electron chi connectivity index (χ2n) is 7.68. The summed E-state index contributed by atoms with van der Waals surface area (Å²) in [6.45, 7) is -0.155. The van der Waals surface area contributed by atoms with Gasteiger partial charge in [0.15, 0.2) is 0 Å². The van der Waals surface area contributed by atoms with Crippen molar-refractivity contribution in [2.75, 3.05) is 18.6 Å². The van der Waals surface area contributed by atoms with Gasteiger partial charge in [0.05, 0.1) is 31.0 Å². The molecule has 1 amide bonds. The van der Waals surface area contributed by atoms with E-state index in [-0.39, 0.29) is 5.69 Å². The van der Waals surface area contributed by atoms with E-state index in [0.29, 0.717) is 21.9 Å². The maximum atomic E-state index is 13.2. The molecule has 0 saturated carbocycles. The monoisotopic (exact) mass is 488 g/mol. The van der Waals surface area contributed by atoms with Gasteiger partial charge in [-0.15, -0.1) is 5.10 Å². The molecule has 0 aliphatic heterocycles. The normalized spacial score (nSPS) is 11.5. The van der Waals surface area contributed by atoms with Gasteiger partial charge in [0.25, 0.3) is 0 Å². The van der Waals surface area contributed by atoms with E-state index in [4.69, 9.17) is 4.74 Å². The highest BCUT2D eigenvalue weighted by molar-refractivity contribution is 5.93. The van der Waals surface area contributed by atoms with Crippen LogP contribution in [0.15, 0.2) is 61.2 Å². The molecule has 0 radical (unpaired) electrons. The zero-order valence-electron chi connectivity index (χ0n) is 18.7. The quantitative estimate of drug-likeness (QED) is 0.365. The Morgan fingerprint density at radius 2 is 1.86 bits per heavy atom. The molecule has 2 aromatic heterocycles. The van der Waals surface area contributed by atoms with Crippen LogP contribution in [0.1, 0.15) is 5.69 Å². The molecule has 35 heavy (non-hydrogen) atoms. The first kappa shape index (κ1) is 23.9. The van der Waals surface area contributed by atoms with Crippen LogP contribution in [0, 0.1) is 12.7 Å². The summed E-state index contributed by atoms with van der Waals surface area (Å²) in [5.74, 6) is -0.967. The fraction of sp³-hybridized carbons (Fsp3) is 0.217. The molecule has 0 aliphatic carbocycles. The van der Waals surface area contributed by atoms with Crippen LogP contribution in [-0.2, 0) is 11.3 Å². The maximum absolute atomic E-state index is 13.2. The van der Waals surface area contributed by atoms with Crippen molar-refractivity contribution < 1.29 is 27.1 Å². The van der Waals surface area contributed by atoms with E-state index in [1.807, 2.05) is 13.1 Å². The first-order valence-electron chi connectivity index (χ1n) is 10.3. The summed E-state index contributed by atoms with van der Waals surface area (Å²) >= 11 is 0. The van der Waals surface area contributed by atoms with Crippen LogP contribution in [0.25, 0.3) is 16.9 Å². The highest BCUT2D eigenvalue weighted by Crippen LogP contribution is 2.29. The predicted octanol–water partition coefficient (Wildman–Crippen LogP) is 4.18. The third-order valence-corrected chi connectivity index (χ3v) is 5.08. The lowest BCUT2D eigenvalue weighted by molar-refractivity contribution is -0.132. The lowest BCUT2D eigenvalue weighted by atomic mass is 10.1. The van der Waals surface area contributed by atoms with E-state index in [1.54, 1.807) is 29.1 Å². The van der Waals surface area contributed by atoms with Gasteiger partial charge >= 0.3 is 6.18 Å². The number of nitrogens with zero attached hydrogens (tertiary/aromatic N) is 6. The fourth-order valence-corrected chi connectivity index (χ4v) is 3.46. The second kappa shape index (κ2) is 9.57. The molecule has 4 rings (SSSR count). The van der Waals surface area contributed by atoms with Crippen LogP contribution < -0.4 is 9.64 Å². The average molecular weight is 488 g/mol. The topological polar surface area (TPSA) is 78.1 Å². The molecule has 0 bridgehead atoms. The van der Waals surface area contributed by atoms with Crippen molar-refractivity contribution in [1.82, 2.24) is 24.5 Å². The minimum Gasteiger partial charge on any atom is -0.495 e. The van der Waals surface area contributed by atoms with Crippen LogP contribution in [0.2, 0.25) is 0 Å². The van der Waals surface area contributed by atoms with Gasteiger partial charge in [-0.3, -0.25) is 4.79 Å². The Kier molecular flexibility index (Phi) is 6.54. The largest absolute Gasteiger partial charge is 0.495 e. The molecule has 0 fully saturated rings. The summed E-state index contributed by atoms with van der Waals surface area (Å²) in [5, 5.41) is 7.92. The van der Waals surface area contributed by atoms with Crippen molar-refractivity contribution in [2.24, 2.45) is 0 Å². The average Bonchev–Trinajstić information content (AvgIpc) is 3.46. The number of rotatable bonds is 7. The van der Waals surface area contributed by atoms with E-state index in [1.165, 1.54) is 13.3 Å². The van der Waals surface area contributed by atoms with Crippen molar-refractivity contribution in [1.29, 1.82) is 0 Å². The van der Waals surface area contributed by atoms with Gasteiger partial charge < -0.3 is 14.2 Å². The molecule has 0 saturated heterocycles. The summed E-state index contributed by atoms with van der Waals surface area (Å²) in [6, 6.07) is 9.51. The summed E-state index contributed by atoms with van der Waals surface area (Å²) in [5.41, 5.74) is 2.54. The number of aromatic nitrogens is 5. The van der Waals surface area contributed by atoms with E-state index in [2.05, 4.69) is 15.3 Å². The minimum atomic E-state index is -4.65. The molecule has 0 N–H and O–H groups in total. The van der Waals surface area contributed by atoms with E-state index in [9.17, 15) is 22.4 Å². The van der Waals surface area contributed by atoms with E-state index in [0.717, 1.165) is 40.3 Å². The lowest BCUT2D eigenvalue weighted by Gasteiger charge is -2.24. The number of hydrogen-bond acceptors (Lipinski definition) is 5. The Bertz CT molecular complexity index is 1330. The van der Waals surface area contributed by atoms with Crippen LogP contribution >= 0.6 is 0 Å². The number of aryl methyl sites for hydroxylation is 1. The number of hydrogen-bond donors (Lipinski definition) is 0. The predicted molar refractivity (Wildman–Crippen MR) is 119 cm³/mol. The third kappa shape index (κ3) is 5.65. The number of ether oxygens (including phenoxy) is 1. The summed E-state index contributed by atoms with van der Waals surface area (Å²) in [6.07, 6.45) is 0.295. The Balaban J connectivity index is 1.55. The number of carbonyl (C=O) groups is 1. The van der Waals surface area contributed by atoms with Gasteiger partial charge in [-0.1, -0.05) is 11.3 Å². The van der Waals surface area contributed by atoms with Crippen LogP contribution in [0.4, 0.5) is 23.2 Å². The zero-order chi connectivity index (χ0) is 25.2. The number of alkyl halides is 3. The Labute approximate surface area is 197 Å². The van der Waals surface area contributed by atoms with Crippen molar-refractivity contribution in [3.05, 3.63) is 72.7 Å². The fourth-order valence-electron chi connectivity index (χ4n) is 3.46. The number of amides is 1. The van der Waals surface area contributed by atoms with Crippen molar-refractivity contribution in [2.45, 2.75) is 19.6 Å². The molecule has 0 spiro atoms. The number of anilines is 1. The third-order valence-electron chi connectivity index (χ3n) is 5.08. The zero-order valence-corrected chi connectivity index (χ0v) is 18.7. The number of benzene rings is 2. The molecule has 4 aromatic rings. The van der Waals surface area contributed by atoms with Crippen molar-refractivity contribution in [3.63, 3.8) is 0 Å². The van der Waals surface area contributed by atoms with Crippen LogP contribution in [-0.4, -0.2) is 50.3 Å². The van der Waals surface area contributed by atoms with Gasteiger partial charge in [0.1, 0.15) is 30.4 Å². The Hall–Kier alpha value is -4.22. The first-order chi connectivity index (χ1) is 16.6. The number of methoxy groups -OCH3 is 1. The molecule has 12 heteroatoms. The van der Waals surface area contributed by atoms with Crippen LogP contribution in [0.5, 0.6) is 5.75 Å². The smallest absolute Gasteiger partial charge is 0.406 e. The summed E-state index contributed by atoms with van der Waals surface area (Å²) in [7, 11) is 1.52. The molecular formula is C23H20F4N6O2. The second-order valence-corrected chi connectivity index (χ2v) is 7.68. The van der Waals surface area contributed by atoms with Gasteiger partial charge in [-0.2, -0.15) is 13.2 Å². The highest BCUT2D eigenvalue weighted by Gasteiger charge is 2.34. The maximum Gasteiger partial charge on any atom is 0.406 e. The van der Waals surface area contributed by atoms with Gasteiger partial charge in [-0.05, 0) is 43.3 Å². The van der Waals surface area contributed by atoms with E-state index < -0.39 is 31.0 Å². The SMILES string of the molecule is COc1cc(-c2cn(CC(=O)N(CC(F)(F)F)c3ccc(F)cc3)nn2)ccc1-n1cnc(C)c1. The molecule has 2 aromatic carbocycles. The molecule has 2 heterocycles. The highest BCUT2D eigenvalue weighted by atomic mass is 19.4. The van der Waals surface area contributed by atoms with Crippen molar-refractivity contribution in [3.8, 4) is 22.7 Å². The molecule has 8 nitrogen and oxygen atoms in total. The van der Waals surface area contributed by atoms with Crippen molar-refractivity contribution >= 4 is 11.6 Å². The van der Waals surface area contributed by atoms with Gasteiger partial charge in [0, 0.05) is 17.4 Å². The number of imidazole rings is 1. The first-order valence-corrected chi connectivity index (χ1v) is 10.3. The molecule has 0 unspecified atom stereocenters. The standard InChI is InChI=1S/C23H20F4N6O2/c1-15-10-31(14-28-15)20-8-3-16(9-21(20)35-2)19-11-32(30-29-19)12-22(34)33(13-23(25,26)27)18-6-4-17(24)5-7-18/h3-11,14H,12-13H2,1-2H3. The molecule has 0 aliphatic rings. The van der Waals surface area contributed by atoms with Gasteiger partial charge in [0.2, 0.25) is 5.91 Å². The summed E-state index contributed by atoms with van der Waals surface area (Å²) in [4.78, 5) is 17.5. The number of halogens is 4. The van der Waals surface area contributed by atoms with Crippen LogP contribution in [0.3, 0.4) is 0 Å². The van der Waals surface area contributed by atoms with Gasteiger partial charge in [-0.25, -0.2) is 14.1 Å². The molecule has 182 valence electrons. The minimum absolute atomic E-state index is 0.0795.